The molecule has 0 bridgehead atoms. The molecule has 0 aliphatic heterocycles. The van der Waals surface area contributed by atoms with Crippen LogP contribution in [0.5, 0.6) is 0 Å². The molecule has 0 heterocycles. The maximum absolute atomic E-state index is 11.4. The first-order chi connectivity index (χ1) is 5.76. The highest BCUT2D eigenvalue weighted by molar-refractivity contribution is 5.85. The Morgan fingerprint density at radius 1 is 1.17 bits per heavy atom. The van der Waals surface area contributed by atoms with E-state index in [9.17, 15) is 4.79 Å². The lowest BCUT2D eigenvalue weighted by atomic mass is 9.76. The molecule has 0 amide bonds. The Balaban J connectivity index is 2.02. The fraction of sp³-hybridized carbons (Fsp3) is 0.909. The van der Waals surface area contributed by atoms with Gasteiger partial charge in [0, 0.05) is 5.41 Å². The first kappa shape index (κ1) is 8.28. The molecule has 68 valence electrons. The number of rotatable bonds is 2. The van der Waals surface area contributed by atoms with Gasteiger partial charge in [-0.2, -0.15) is 0 Å². The van der Waals surface area contributed by atoms with E-state index in [2.05, 4.69) is 0 Å². The predicted molar refractivity (Wildman–Crippen MR) is 48.9 cm³/mol. The highest BCUT2D eigenvalue weighted by Gasteiger charge is 2.52. The minimum atomic E-state index is 0.181. The molecule has 0 aromatic heterocycles. The Morgan fingerprint density at radius 3 is 2.17 bits per heavy atom. The van der Waals surface area contributed by atoms with Gasteiger partial charge in [0.1, 0.15) is 5.78 Å². The van der Waals surface area contributed by atoms with E-state index in [1.807, 2.05) is 0 Å². The zero-order chi connectivity index (χ0) is 8.60. The summed E-state index contributed by atoms with van der Waals surface area (Å²) in [6, 6.07) is 0. The molecule has 2 saturated carbocycles. The molecule has 0 aromatic carbocycles. The van der Waals surface area contributed by atoms with Crippen LogP contribution in [-0.4, -0.2) is 5.78 Å². The Morgan fingerprint density at radius 2 is 1.75 bits per heavy atom. The summed E-state index contributed by atoms with van der Waals surface area (Å²) in [6.45, 7) is 1.79. The molecular formula is C11H18O. The SMILES string of the molecule is CC(=O)C1(C2CCCCC2)CC1. The van der Waals surface area contributed by atoms with E-state index in [0.29, 0.717) is 5.78 Å². The summed E-state index contributed by atoms with van der Waals surface area (Å²) in [4.78, 5) is 11.4. The minimum Gasteiger partial charge on any atom is -0.299 e. The second-order valence-corrected chi connectivity index (χ2v) is 4.55. The van der Waals surface area contributed by atoms with Crippen molar-refractivity contribution >= 4 is 5.78 Å². The molecule has 2 aliphatic rings. The highest BCUT2D eigenvalue weighted by Crippen LogP contribution is 2.56. The minimum absolute atomic E-state index is 0.181. The van der Waals surface area contributed by atoms with Crippen LogP contribution in [0.15, 0.2) is 0 Å². The number of hydrogen-bond donors (Lipinski definition) is 0. The van der Waals surface area contributed by atoms with Crippen LogP contribution in [-0.2, 0) is 4.79 Å². The third-order valence-electron chi connectivity index (χ3n) is 3.88. The predicted octanol–water partition coefficient (Wildman–Crippen LogP) is 2.94. The number of carbonyl (C=O) groups is 1. The molecule has 1 heteroatoms. The summed E-state index contributed by atoms with van der Waals surface area (Å²) < 4.78 is 0. The van der Waals surface area contributed by atoms with Gasteiger partial charge in [-0.3, -0.25) is 4.79 Å². The van der Waals surface area contributed by atoms with Crippen LogP contribution in [0.3, 0.4) is 0 Å². The van der Waals surface area contributed by atoms with Gasteiger partial charge in [0.05, 0.1) is 0 Å². The summed E-state index contributed by atoms with van der Waals surface area (Å²) in [5.41, 5.74) is 0.181. The average molecular weight is 166 g/mol. The van der Waals surface area contributed by atoms with Crippen LogP contribution < -0.4 is 0 Å². The molecular weight excluding hydrogens is 148 g/mol. The van der Waals surface area contributed by atoms with Crippen molar-refractivity contribution in [2.75, 3.05) is 0 Å². The lowest BCUT2D eigenvalue weighted by Gasteiger charge is -2.28. The molecule has 0 unspecified atom stereocenters. The molecule has 0 aromatic rings. The van der Waals surface area contributed by atoms with Gasteiger partial charge in [-0.1, -0.05) is 19.3 Å². The maximum Gasteiger partial charge on any atom is 0.136 e. The van der Waals surface area contributed by atoms with Crippen LogP contribution in [0.1, 0.15) is 51.9 Å². The average Bonchev–Trinajstić information content (AvgIpc) is 2.86. The van der Waals surface area contributed by atoms with E-state index in [-0.39, 0.29) is 5.41 Å². The summed E-state index contributed by atoms with van der Waals surface area (Å²) in [5, 5.41) is 0. The monoisotopic (exact) mass is 166 g/mol. The maximum atomic E-state index is 11.4. The highest BCUT2D eigenvalue weighted by atomic mass is 16.1. The zero-order valence-electron chi connectivity index (χ0n) is 7.94. The van der Waals surface area contributed by atoms with E-state index >= 15 is 0 Å². The summed E-state index contributed by atoms with van der Waals surface area (Å²) >= 11 is 0. The number of carbonyl (C=O) groups excluding carboxylic acids is 1. The van der Waals surface area contributed by atoms with E-state index in [4.69, 9.17) is 0 Å². The third-order valence-corrected chi connectivity index (χ3v) is 3.88. The smallest absolute Gasteiger partial charge is 0.136 e. The van der Waals surface area contributed by atoms with Crippen molar-refractivity contribution in [1.82, 2.24) is 0 Å². The van der Waals surface area contributed by atoms with Crippen LogP contribution in [0.25, 0.3) is 0 Å². The number of hydrogen-bond acceptors (Lipinski definition) is 1. The van der Waals surface area contributed by atoms with Crippen LogP contribution in [0, 0.1) is 11.3 Å². The third kappa shape index (κ3) is 1.19. The summed E-state index contributed by atoms with van der Waals surface area (Å²) in [5.74, 6) is 1.22. The molecule has 12 heavy (non-hydrogen) atoms. The first-order valence-corrected chi connectivity index (χ1v) is 5.27. The lowest BCUT2D eigenvalue weighted by molar-refractivity contribution is -0.124. The van der Waals surface area contributed by atoms with Crippen molar-refractivity contribution in [2.45, 2.75) is 51.9 Å². The molecule has 0 radical (unpaired) electrons. The van der Waals surface area contributed by atoms with Crippen molar-refractivity contribution in [3.63, 3.8) is 0 Å². The van der Waals surface area contributed by atoms with Gasteiger partial charge < -0.3 is 0 Å². The van der Waals surface area contributed by atoms with Crippen LogP contribution in [0.2, 0.25) is 0 Å². The fourth-order valence-corrected chi connectivity index (χ4v) is 2.84. The van der Waals surface area contributed by atoms with Crippen molar-refractivity contribution in [2.24, 2.45) is 11.3 Å². The standard InChI is InChI=1S/C11H18O/c1-9(12)11(7-8-11)10-5-3-2-4-6-10/h10H,2-8H2,1H3. The van der Waals surface area contributed by atoms with Crippen LogP contribution >= 0.6 is 0 Å². The zero-order valence-corrected chi connectivity index (χ0v) is 7.94. The number of Topliss-reactive ketones (excluding diaryl/α,β-unsaturated/α-hetero) is 1. The fourth-order valence-electron chi connectivity index (χ4n) is 2.84. The second-order valence-electron chi connectivity index (χ2n) is 4.55. The van der Waals surface area contributed by atoms with Gasteiger partial charge in [-0.05, 0) is 38.5 Å². The largest absolute Gasteiger partial charge is 0.299 e. The van der Waals surface area contributed by atoms with Crippen LogP contribution in [0.4, 0.5) is 0 Å². The Labute approximate surface area is 74.5 Å². The van der Waals surface area contributed by atoms with Gasteiger partial charge in [0.25, 0.3) is 0 Å². The van der Waals surface area contributed by atoms with Gasteiger partial charge >= 0.3 is 0 Å². The second kappa shape index (κ2) is 2.86. The Hall–Kier alpha value is -0.330. The summed E-state index contributed by atoms with van der Waals surface area (Å²) in [7, 11) is 0. The molecule has 0 N–H and O–H groups in total. The Kier molecular flexibility index (Phi) is 1.97. The normalized spacial score (nSPS) is 28.4. The molecule has 2 rings (SSSR count). The van der Waals surface area contributed by atoms with Gasteiger partial charge in [0.15, 0.2) is 0 Å². The molecule has 2 aliphatic carbocycles. The number of ketones is 1. The van der Waals surface area contributed by atoms with E-state index in [1.54, 1.807) is 6.92 Å². The van der Waals surface area contributed by atoms with Crippen molar-refractivity contribution in [3.05, 3.63) is 0 Å². The first-order valence-electron chi connectivity index (χ1n) is 5.27. The molecule has 1 nitrogen and oxygen atoms in total. The molecule has 0 saturated heterocycles. The van der Waals surface area contributed by atoms with Gasteiger partial charge in [-0.25, -0.2) is 0 Å². The summed E-state index contributed by atoms with van der Waals surface area (Å²) in [6.07, 6.45) is 9.13. The van der Waals surface area contributed by atoms with Crippen molar-refractivity contribution in [3.8, 4) is 0 Å². The van der Waals surface area contributed by atoms with E-state index in [0.717, 1.165) is 5.92 Å². The quantitative estimate of drug-likeness (QED) is 0.616. The van der Waals surface area contributed by atoms with Gasteiger partial charge in [-0.15, -0.1) is 0 Å². The molecule has 0 atom stereocenters. The van der Waals surface area contributed by atoms with E-state index in [1.165, 1.54) is 44.9 Å². The Bertz CT molecular complexity index is 185. The van der Waals surface area contributed by atoms with E-state index < -0.39 is 0 Å². The molecule has 2 fully saturated rings. The van der Waals surface area contributed by atoms with Crippen molar-refractivity contribution < 1.29 is 4.79 Å². The topological polar surface area (TPSA) is 17.1 Å². The lowest BCUT2D eigenvalue weighted by Crippen LogP contribution is -2.25. The molecule has 0 spiro atoms. The van der Waals surface area contributed by atoms with Crippen molar-refractivity contribution in [1.29, 1.82) is 0 Å². The van der Waals surface area contributed by atoms with Gasteiger partial charge in [0.2, 0.25) is 0 Å².